The summed E-state index contributed by atoms with van der Waals surface area (Å²) in [6.07, 6.45) is 0.640. The first-order chi connectivity index (χ1) is 11.7. The molecule has 2 heterocycles. The maximum atomic E-state index is 12.4. The van der Waals surface area contributed by atoms with Gasteiger partial charge in [-0.25, -0.2) is 0 Å². The molecule has 4 rings (SSSR count). The molecule has 24 heavy (non-hydrogen) atoms. The molecule has 1 N–H and O–H groups in total. The Balaban J connectivity index is 1.46. The van der Waals surface area contributed by atoms with Crippen molar-refractivity contribution < 1.29 is 9.21 Å². The molecule has 0 saturated heterocycles. The van der Waals surface area contributed by atoms with E-state index in [1.165, 1.54) is 0 Å². The van der Waals surface area contributed by atoms with Crippen molar-refractivity contribution in [2.24, 2.45) is 0 Å². The van der Waals surface area contributed by atoms with Gasteiger partial charge in [0.2, 0.25) is 0 Å². The van der Waals surface area contributed by atoms with E-state index in [1.54, 1.807) is 12.1 Å². The number of nitrogens with zero attached hydrogens (tertiary/aromatic N) is 2. The summed E-state index contributed by atoms with van der Waals surface area (Å²) in [5.74, 6) is 0.747. The molecule has 4 aromatic rings. The molecular weight excluding hydrogens is 322 g/mol. The smallest absolute Gasteiger partial charge is 0.251 e. The van der Waals surface area contributed by atoms with E-state index in [1.807, 2.05) is 43.3 Å². The highest BCUT2D eigenvalue weighted by Gasteiger charge is 2.13. The van der Waals surface area contributed by atoms with E-state index >= 15 is 0 Å². The predicted molar refractivity (Wildman–Crippen MR) is 94.3 cm³/mol. The lowest BCUT2D eigenvalue weighted by molar-refractivity contribution is 0.0939. The molecule has 2 aromatic carbocycles. The van der Waals surface area contributed by atoms with E-state index in [9.17, 15) is 4.79 Å². The molecule has 0 aliphatic rings. The van der Waals surface area contributed by atoms with Gasteiger partial charge in [0.25, 0.3) is 5.91 Å². The molecule has 1 atom stereocenters. The van der Waals surface area contributed by atoms with E-state index < -0.39 is 0 Å². The van der Waals surface area contributed by atoms with Crippen molar-refractivity contribution in [3.8, 4) is 0 Å². The van der Waals surface area contributed by atoms with Crippen molar-refractivity contribution in [3.05, 3.63) is 59.9 Å². The lowest BCUT2D eigenvalue weighted by Gasteiger charge is -2.12. The van der Waals surface area contributed by atoms with Gasteiger partial charge in [-0.15, -0.1) is 0 Å². The first-order valence-electron chi connectivity index (χ1n) is 7.70. The fourth-order valence-corrected chi connectivity index (χ4v) is 3.24. The van der Waals surface area contributed by atoms with Crippen molar-refractivity contribution in [1.29, 1.82) is 0 Å². The third-order valence-corrected chi connectivity index (χ3v) is 4.43. The number of amides is 1. The Morgan fingerprint density at radius 1 is 1.17 bits per heavy atom. The summed E-state index contributed by atoms with van der Waals surface area (Å²) in [6, 6.07) is 15.2. The minimum absolute atomic E-state index is 0.0395. The van der Waals surface area contributed by atoms with Crippen molar-refractivity contribution in [2.45, 2.75) is 19.4 Å². The zero-order chi connectivity index (χ0) is 16.5. The topological polar surface area (TPSA) is 68.0 Å². The normalized spacial score (nSPS) is 12.5. The summed E-state index contributed by atoms with van der Waals surface area (Å²) in [6.45, 7) is 1.97. The molecule has 0 radical (unpaired) electrons. The van der Waals surface area contributed by atoms with Gasteiger partial charge in [0.1, 0.15) is 22.4 Å². The average molecular weight is 337 g/mol. The second-order valence-corrected chi connectivity index (χ2v) is 6.33. The van der Waals surface area contributed by atoms with Crippen LogP contribution in [0.3, 0.4) is 0 Å². The first-order valence-corrected chi connectivity index (χ1v) is 8.43. The average Bonchev–Trinajstić information content (AvgIpc) is 3.19. The van der Waals surface area contributed by atoms with Crippen LogP contribution >= 0.6 is 11.7 Å². The fourth-order valence-electron chi connectivity index (χ4n) is 2.72. The largest absolute Gasteiger partial charge is 0.461 e. The van der Waals surface area contributed by atoms with Crippen LogP contribution in [-0.2, 0) is 6.42 Å². The van der Waals surface area contributed by atoms with Gasteiger partial charge >= 0.3 is 0 Å². The minimum Gasteiger partial charge on any atom is -0.461 e. The SMILES string of the molecule is CC(Cc1cc2ccccc2o1)NC(=O)c1ccc2nsnc2c1. The van der Waals surface area contributed by atoms with E-state index in [0.29, 0.717) is 12.0 Å². The summed E-state index contributed by atoms with van der Waals surface area (Å²) in [7, 11) is 0. The molecule has 0 bridgehead atoms. The number of aromatic nitrogens is 2. The van der Waals surface area contributed by atoms with E-state index in [4.69, 9.17) is 4.42 Å². The highest BCUT2D eigenvalue weighted by molar-refractivity contribution is 7.00. The van der Waals surface area contributed by atoms with Gasteiger partial charge in [-0.3, -0.25) is 4.79 Å². The van der Waals surface area contributed by atoms with Crippen molar-refractivity contribution in [2.75, 3.05) is 0 Å². The number of hydrogen-bond acceptors (Lipinski definition) is 5. The number of nitrogens with one attached hydrogen (secondary N) is 1. The summed E-state index contributed by atoms with van der Waals surface area (Å²) in [5, 5.41) is 4.08. The number of rotatable bonds is 4. The maximum Gasteiger partial charge on any atom is 0.251 e. The third kappa shape index (κ3) is 2.88. The van der Waals surface area contributed by atoms with Gasteiger partial charge in [-0.1, -0.05) is 18.2 Å². The van der Waals surface area contributed by atoms with Crippen molar-refractivity contribution in [3.63, 3.8) is 0 Å². The van der Waals surface area contributed by atoms with E-state index in [2.05, 4.69) is 14.1 Å². The highest BCUT2D eigenvalue weighted by atomic mass is 32.1. The van der Waals surface area contributed by atoms with Crippen LogP contribution in [-0.4, -0.2) is 20.7 Å². The van der Waals surface area contributed by atoms with Crippen LogP contribution < -0.4 is 5.32 Å². The van der Waals surface area contributed by atoms with Crippen molar-refractivity contribution in [1.82, 2.24) is 14.1 Å². The van der Waals surface area contributed by atoms with Crippen LogP contribution in [0.2, 0.25) is 0 Å². The summed E-state index contributed by atoms with van der Waals surface area (Å²) in [5.41, 5.74) is 3.02. The lowest BCUT2D eigenvalue weighted by Crippen LogP contribution is -2.33. The molecule has 6 heteroatoms. The van der Waals surface area contributed by atoms with E-state index in [-0.39, 0.29) is 11.9 Å². The number of carbonyl (C=O) groups is 1. The highest BCUT2D eigenvalue weighted by Crippen LogP contribution is 2.20. The molecule has 0 aliphatic heterocycles. The summed E-state index contributed by atoms with van der Waals surface area (Å²) in [4.78, 5) is 12.4. The number of furan rings is 1. The third-order valence-electron chi connectivity index (χ3n) is 3.88. The van der Waals surface area contributed by atoms with Gasteiger partial charge in [0.05, 0.1) is 11.7 Å². The Hall–Kier alpha value is -2.73. The standard InChI is InChI=1S/C18H15N3O2S/c1-11(8-14-9-12-4-2-3-5-17(12)23-14)19-18(22)13-6-7-15-16(10-13)21-24-20-15/h2-7,9-11H,8H2,1H3,(H,19,22). The van der Waals surface area contributed by atoms with Crippen LogP contribution in [0.5, 0.6) is 0 Å². The summed E-state index contributed by atoms with van der Waals surface area (Å²) < 4.78 is 14.1. The van der Waals surface area contributed by atoms with Gasteiger partial charge in [0.15, 0.2) is 0 Å². The minimum atomic E-state index is -0.117. The Labute approximate surface area is 142 Å². The van der Waals surface area contributed by atoms with Crippen LogP contribution in [0.15, 0.2) is 52.9 Å². The second-order valence-electron chi connectivity index (χ2n) is 5.80. The molecule has 2 aromatic heterocycles. The number of para-hydroxylation sites is 1. The Morgan fingerprint density at radius 3 is 2.88 bits per heavy atom. The van der Waals surface area contributed by atoms with Crippen LogP contribution in [0.1, 0.15) is 23.0 Å². The summed E-state index contributed by atoms with van der Waals surface area (Å²) >= 11 is 1.15. The van der Waals surface area contributed by atoms with E-state index in [0.717, 1.165) is 39.5 Å². The molecule has 120 valence electrons. The number of benzene rings is 2. The van der Waals surface area contributed by atoms with Gasteiger partial charge in [0, 0.05) is 23.4 Å². The number of fused-ring (bicyclic) bond motifs is 2. The monoisotopic (exact) mass is 337 g/mol. The van der Waals surface area contributed by atoms with Gasteiger partial charge in [-0.2, -0.15) is 8.75 Å². The van der Waals surface area contributed by atoms with Crippen LogP contribution in [0, 0.1) is 0 Å². The lowest BCUT2D eigenvalue weighted by atomic mass is 10.1. The van der Waals surface area contributed by atoms with Crippen LogP contribution in [0.4, 0.5) is 0 Å². The number of hydrogen-bond donors (Lipinski definition) is 1. The molecule has 1 amide bonds. The molecular formula is C18H15N3O2S. The quantitative estimate of drug-likeness (QED) is 0.615. The molecule has 0 fully saturated rings. The van der Waals surface area contributed by atoms with Crippen molar-refractivity contribution >= 4 is 39.6 Å². The molecule has 0 spiro atoms. The zero-order valence-corrected chi connectivity index (χ0v) is 13.8. The molecule has 1 unspecified atom stereocenters. The first kappa shape index (κ1) is 14.8. The Morgan fingerprint density at radius 2 is 2.00 bits per heavy atom. The zero-order valence-electron chi connectivity index (χ0n) is 13.0. The molecule has 0 aliphatic carbocycles. The molecule has 0 saturated carbocycles. The van der Waals surface area contributed by atoms with Crippen LogP contribution in [0.25, 0.3) is 22.0 Å². The maximum absolute atomic E-state index is 12.4. The predicted octanol–water partition coefficient (Wildman–Crippen LogP) is 3.80. The molecule has 5 nitrogen and oxygen atoms in total. The number of carbonyl (C=O) groups excluding carboxylic acids is 1. The van der Waals surface area contributed by atoms with Gasteiger partial charge in [-0.05, 0) is 37.3 Å². The Bertz CT molecular complexity index is 988. The van der Waals surface area contributed by atoms with Gasteiger partial charge < -0.3 is 9.73 Å². The fraction of sp³-hybridized carbons (Fsp3) is 0.167. The second kappa shape index (κ2) is 6.05. The Kier molecular flexibility index (Phi) is 3.74.